The zero-order valence-corrected chi connectivity index (χ0v) is 14.8. The monoisotopic (exact) mass is 387 g/mol. The van der Waals surface area contributed by atoms with Gasteiger partial charge in [0.25, 0.3) is 10.0 Å². The van der Waals surface area contributed by atoms with Crippen LogP contribution in [0.1, 0.15) is 10.4 Å². The molecule has 0 aliphatic heterocycles. The van der Waals surface area contributed by atoms with E-state index >= 15 is 0 Å². The van der Waals surface area contributed by atoms with Gasteiger partial charge in [-0.2, -0.15) is 0 Å². The van der Waals surface area contributed by atoms with E-state index in [2.05, 4.69) is 9.46 Å². The molecule has 0 heterocycles. The second-order valence-corrected chi connectivity index (χ2v) is 8.71. The number of methoxy groups -OCH3 is 1. The van der Waals surface area contributed by atoms with Gasteiger partial charge in [0.2, 0.25) is 0 Å². The Hall–Kier alpha value is -2.46. The van der Waals surface area contributed by atoms with Crippen LogP contribution < -0.4 is 4.72 Å². The third-order valence-corrected chi connectivity index (χ3v) is 5.70. The van der Waals surface area contributed by atoms with E-state index in [-0.39, 0.29) is 16.1 Å². The van der Waals surface area contributed by atoms with Crippen molar-refractivity contribution in [2.45, 2.75) is 9.79 Å². The lowest BCUT2D eigenvalue weighted by molar-refractivity contribution is 0.0600. The summed E-state index contributed by atoms with van der Waals surface area (Å²) < 4.78 is 68.0. The Morgan fingerprint density at radius 1 is 1.04 bits per heavy atom. The van der Waals surface area contributed by atoms with Crippen molar-refractivity contribution < 1.29 is 30.8 Å². The molecule has 2 rings (SSSR count). The first-order valence-electron chi connectivity index (χ1n) is 6.75. The predicted octanol–water partition coefficient (Wildman–Crippen LogP) is 1.82. The molecule has 0 aliphatic rings. The minimum atomic E-state index is -4.34. The van der Waals surface area contributed by atoms with E-state index in [9.17, 15) is 26.0 Å². The molecule has 2 aromatic carbocycles. The topological polar surface area (TPSA) is 107 Å². The van der Waals surface area contributed by atoms with Gasteiger partial charge in [0.05, 0.1) is 17.6 Å². The van der Waals surface area contributed by atoms with Crippen LogP contribution in [-0.2, 0) is 24.6 Å². The standard InChI is InChI=1S/C15H14FNO6S2/c1-23-15(18)10-3-8-13(16)14(9-10)25(21,22)17-11-4-6-12(7-5-11)24(2,19)20/h3-9,17H,1-2H3. The fraction of sp³-hybridized carbons (Fsp3) is 0.133. The van der Waals surface area contributed by atoms with Gasteiger partial charge in [-0.05, 0) is 42.5 Å². The number of esters is 1. The molecule has 0 aliphatic carbocycles. The van der Waals surface area contributed by atoms with Crippen LogP contribution in [0.3, 0.4) is 0 Å². The molecule has 0 radical (unpaired) electrons. The summed E-state index contributed by atoms with van der Waals surface area (Å²) in [6, 6.07) is 7.69. The normalized spacial score (nSPS) is 11.8. The fourth-order valence-corrected chi connectivity index (χ4v) is 3.73. The molecular weight excluding hydrogens is 373 g/mol. The summed E-state index contributed by atoms with van der Waals surface area (Å²) >= 11 is 0. The van der Waals surface area contributed by atoms with Gasteiger partial charge in [0.1, 0.15) is 10.7 Å². The van der Waals surface area contributed by atoms with Gasteiger partial charge in [0, 0.05) is 11.9 Å². The highest BCUT2D eigenvalue weighted by atomic mass is 32.2. The molecule has 0 saturated heterocycles. The van der Waals surface area contributed by atoms with Gasteiger partial charge in [-0.15, -0.1) is 0 Å². The highest BCUT2D eigenvalue weighted by Gasteiger charge is 2.22. The van der Waals surface area contributed by atoms with Crippen molar-refractivity contribution in [1.82, 2.24) is 0 Å². The van der Waals surface area contributed by atoms with Crippen molar-refractivity contribution in [2.75, 3.05) is 18.1 Å². The summed E-state index contributed by atoms with van der Waals surface area (Å²) in [5, 5.41) is 0. The largest absolute Gasteiger partial charge is 0.465 e. The van der Waals surface area contributed by atoms with Crippen molar-refractivity contribution in [1.29, 1.82) is 0 Å². The third kappa shape index (κ3) is 4.34. The van der Waals surface area contributed by atoms with Gasteiger partial charge < -0.3 is 4.74 Å². The number of carbonyl (C=O) groups is 1. The average molecular weight is 387 g/mol. The summed E-state index contributed by atoms with van der Waals surface area (Å²) in [5.41, 5.74) is -0.0908. The Bertz CT molecular complexity index is 1010. The zero-order chi connectivity index (χ0) is 18.8. The van der Waals surface area contributed by atoms with Crippen LogP contribution in [0.2, 0.25) is 0 Å². The third-order valence-electron chi connectivity index (χ3n) is 3.18. The number of anilines is 1. The summed E-state index contributed by atoms with van der Waals surface area (Å²) in [6.45, 7) is 0. The SMILES string of the molecule is COC(=O)c1ccc(F)c(S(=O)(=O)Nc2ccc(S(C)(=O)=O)cc2)c1. The summed E-state index contributed by atoms with van der Waals surface area (Å²) in [4.78, 5) is 10.8. The van der Waals surface area contributed by atoms with E-state index in [1.807, 2.05) is 0 Å². The van der Waals surface area contributed by atoms with Gasteiger partial charge >= 0.3 is 5.97 Å². The first kappa shape index (κ1) is 18.9. The maximum Gasteiger partial charge on any atom is 0.337 e. The Labute approximate surface area is 144 Å². The second-order valence-electron chi connectivity index (χ2n) is 5.04. The van der Waals surface area contributed by atoms with E-state index < -0.39 is 36.5 Å². The number of rotatable bonds is 5. The van der Waals surface area contributed by atoms with Crippen LogP contribution in [0.15, 0.2) is 52.3 Å². The highest BCUT2D eigenvalue weighted by Crippen LogP contribution is 2.22. The van der Waals surface area contributed by atoms with Gasteiger partial charge in [-0.3, -0.25) is 4.72 Å². The maximum absolute atomic E-state index is 13.9. The molecule has 0 saturated carbocycles. The zero-order valence-electron chi connectivity index (χ0n) is 13.2. The summed E-state index contributed by atoms with van der Waals surface area (Å²) in [7, 11) is -6.66. The van der Waals surface area contributed by atoms with Crippen LogP contribution in [0, 0.1) is 5.82 Å². The minimum absolute atomic E-state index is 0.00863. The van der Waals surface area contributed by atoms with Crippen LogP contribution in [0.4, 0.5) is 10.1 Å². The van der Waals surface area contributed by atoms with Gasteiger partial charge in [-0.25, -0.2) is 26.0 Å². The van der Waals surface area contributed by atoms with Crippen molar-refractivity contribution in [3.8, 4) is 0 Å². The quantitative estimate of drug-likeness (QED) is 0.785. The van der Waals surface area contributed by atoms with E-state index in [4.69, 9.17) is 0 Å². The number of hydrogen-bond acceptors (Lipinski definition) is 6. The van der Waals surface area contributed by atoms with E-state index in [0.717, 1.165) is 31.6 Å². The molecular formula is C15H14FNO6S2. The molecule has 0 atom stereocenters. The molecule has 2 aromatic rings. The van der Waals surface area contributed by atoms with Crippen LogP contribution in [-0.4, -0.2) is 36.2 Å². The number of nitrogens with one attached hydrogen (secondary N) is 1. The lowest BCUT2D eigenvalue weighted by Crippen LogP contribution is -2.16. The number of hydrogen-bond donors (Lipinski definition) is 1. The Morgan fingerprint density at radius 3 is 2.16 bits per heavy atom. The average Bonchev–Trinajstić information content (AvgIpc) is 2.53. The lowest BCUT2D eigenvalue weighted by Gasteiger charge is -2.10. The number of benzene rings is 2. The van der Waals surface area contributed by atoms with Crippen molar-refractivity contribution in [2.24, 2.45) is 0 Å². The Balaban J connectivity index is 2.38. The molecule has 7 nitrogen and oxygen atoms in total. The molecule has 0 fully saturated rings. The summed E-state index contributed by atoms with van der Waals surface area (Å²) in [5.74, 6) is -1.86. The van der Waals surface area contributed by atoms with E-state index in [1.165, 1.54) is 24.3 Å². The molecule has 0 aromatic heterocycles. The van der Waals surface area contributed by atoms with Crippen LogP contribution in [0.25, 0.3) is 0 Å². The molecule has 1 N–H and O–H groups in total. The molecule has 0 bridgehead atoms. The first-order valence-corrected chi connectivity index (χ1v) is 10.1. The Morgan fingerprint density at radius 2 is 1.64 bits per heavy atom. The van der Waals surface area contributed by atoms with Crippen molar-refractivity contribution in [3.63, 3.8) is 0 Å². The highest BCUT2D eigenvalue weighted by molar-refractivity contribution is 7.92. The molecule has 0 amide bonds. The molecule has 0 unspecified atom stereocenters. The molecule has 134 valence electrons. The molecule has 0 spiro atoms. The summed E-state index contributed by atoms with van der Waals surface area (Å²) in [6.07, 6.45) is 1.01. The van der Waals surface area contributed by atoms with Gasteiger partial charge in [0.15, 0.2) is 9.84 Å². The molecule has 10 heteroatoms. The van der Waals surface area contributed by atoms with Crippen LogP contribution in [0.5, 0.6) is 0 Å². The number of halogens is 1. The van der Waals surface area contributed by atoms with Gasteiger partial charge in [-0.1, -0.05) is 0 Å². The predicted molar refractivity (Wildman–Crippen MR) is 88.1 cm³/mol. The Kier molecular flexibility index (Phi) is 5.14. The van der Waals surface area contributed by atoms with E-state index in [1.54, 1.807) is 0 Å². The molecule has 25 heavy (non-hydrogen) atoms. The number of ether oxygens (including phenoxy) is 1. The van der Waals surface area contributed by atoms with Crippen LogP contribution >= 0.6 is 0 Å². The van der Waals surface area contributed by atoms with Crippen molar-refractivity contribution >= 4 is 31.5 Å². The first-order chi connectivity index (χ1) is 11.5. The number of carbonyl (C=O) groups excluding carboxylic acids is 1. The fourth-order valence-electron chi connectivity index (χ4n) is 1.93. The van der Waals surface area contributed by atoms with E-state index in [0.29, 0.717) is 0 Å². The smallest absolute Gasteiger partial charge is 0.337 e. The number of sulfone groups is 1. The maximum atomic E-state index is 13.9. The number of sulfonamides is 1. The minimum Gasteiger partial charge on any atom is -0.465 e. The second kappa shape index (κ2) is 6.81. The van der Waals surface area contributed by atoms with Crippen molar-refractivity contribution in [3.05, 3.63) is 53.8 Å². The lowest BCUT2D eigenvalue weighted by atomic mass is 10.2.